The number of hydrogen-bond acceptors (Lipinski definition) is 3. The second kappa shape index (κ2) is 6.58. The maximum absolute atomic E-state index is 10.8. The molecular weight excluding hydrogens is 310 g/mol. The molecule has 0 saturated heterocycles. The van der Waals surface area contributed by atoms with Crippen LogP contribution in [0.15, 0.2) is 36.5 Å². The summed E-state index contributed by atoms with van der Waals surface area (Å²) in [4.78, 5) is 0. The van der Waals surface area contributed by atoms with E-state index in [0.717, 1.165) is 30.6 Å². The van der Waals surface area contributed by atoms with Gasteiger partial charge in [-0.2, -0.15) is 5.10 Å². The van der Waals surface area contributed by atoms with Gasteiger partial charge in [0.2, 0.25) is 0 Å². The molecule has 1 aliphatic rings. The number of aromatic nitrogens is 2. The predicted octanol–water partition coefficient (Wildman–Crippen LogP) is 4.11. The van der Waals surface area contributed by atoms with Gasteiger partial charge in [-0.25, -0.2) is 0 Å². The van der Waals surface area contributed by atoms with Gasteiger partial charge in [0.05, 0.1) is 17.3 Å². The van der Waals surface area contributed by atoms with Crippen molar-refractivity contribution in [3.8, 4) is 0 Å². The Morgan fingerprint density at radius 3 is 2.40 bits per heavy atom. The lowest BCUT2D eigenvalue weighted by Crippen LogP contribution is -2.31. The molecule has 1 aromatic heterocycles. The smallest absolute Gasteiger partial charge is 0.0858 e. The molecule has 0 amide bonds. The molecule has 1 aromatic carbocycles. The topological polar surface area (TPSA) is 50.1 Å². The fraction of sp³-hybridized carbons (Fsp3) is 0.571. The maximum Gasteiger partial charge on any atom is 0.0858 e. The Bertz CT molecular complexity index is 710. The van der Waals surface area contributed by atoms with Gasteiger partial charge >= 0.3 is 0 Å². The van der Waals surface area contributed by atoms with Gasteiger partial charge in [-0.15, -0.1) is 0 Å². The zero-order valence-corrected chi connectivity index (χ0v) is 16.1. The van der Waals surface area contributed by atoms with E-state index in [1.807, 2.05) is 35.0 Å². The second-order valence-corrected chi connectivity index (χ2v) is 8.56. The number of nitrogens with one attached hydrogen (secondary N) is 1. The van der Waals surface area contributed by atoms with Crippen LogP contribution in [0.1, 0.15) is 69.5 Å². The van der Waals surface area contributed by atoms with Crippen molar-refractivity contribution in [2.24, 2.45) is 5.41 Å². The molecule has 0 radical (unpaired) electrons. The van der Waals surface area contributed by atoms with E-state index in [1.165, 1.54) is 5.56 Å². The molecule has 1 heterocycles. The van der Waals surface area contributed by atoms with Crippen molar-refractivity contribution in [1.29, 1.82) is 0 Å². The molecule has 2 N–H and O–H groups in total. The van der Waals surface area contributed by atoms with Gasteiger partial charge in [-0.05, 0) is 53.0 Å². The summed E-state index contributed by atoms with van der Waals surface area (Å²) in [6.45, 7) is 11.6. The second-order valence-electron chi connectivity index (χ2n) is 8.56. The highest BCUT2D eigenvalue weighted by molar-refractivity contribution is 5.23. The van der Waals surface area contributed by atoms with Crippen molar-refractivity contribution >= 4 is 0 Å². The van der Waals surface area contributed by atoms with Gasteiger partial charge in [-0.3, -0.25) is 4.68 Å². The van der Waals surface area contributed by atoms with Gasteiger partial charge in [-0.1, -0.05) is 30.3 Å². The SMILES string of the molecule is Cc1nn(C(C)(C)C)cc1C(C)NCC1(C(O)c2ccccc2)CC1. The maximum atomic E-state index is 10.8. The normalized spacial score (nSPS) is 18.8. The summed E-state index contributed by atoms with van der Waals surface area (Å²) in [6.07, 6.45) is 3.90. The van der Waals surface area contributed by atoms with Crippen LogP contribution in [0.4, 0.5) is 0 Å². The van der Waals surface area contributed by atoms with Gasteiger partial charge < -0.3 is 10.4 Å². The van der Waals surface area contributed by atoms with E-state index >= 15 is 0 Å². The molecule has 0 bridgehead atoms. The standard InChI is InChI=1S/C21H31N3O/c1-15(18-13-24(20(3,4)5)23-16(18)2)22-14-21(11-12-21)19(25)17-9-7-6-8-10-17/h6-10,13,15,19,22,25H,11-12,14H2,1-5H3. The minimum absolute atomic E-state index is 0.00997. The van der Waals surface area contributed by atoms with Crippen molar-refractivity contribution in [1.82, 2.24) is 15.1 Å². The first-order chi connectivity index (χ1) is 11.7. The van der Waals surface area contributed by atoms with E-state index in [-0.39, 0.29) is 17.0 Å². The lowest BCUT2D eigenvalue weighted by atomic mass is 9.92. The first kappa shape index (κ1) is 18.2. The van der Waals surface area contributed by atoms with Crippen LogP contribution < -0.4 is 5.32 Å². The predicted molar refractivity (Wildman–Crippen MR) is 101 cm³/mol. The van der Waals surface area contributed by atoms with E-state index < -0.39 is 6.10 Å². The average Bonchev–Trinajstić information content (AvgIpc) is 3.26. The van der Waals surface area contributed by atoms with Crippen molar-refractivity contribution in [2.45, 2.75) is 65.1 Å². The Morgan fingerprint density at radius 1 is 1.24 bits per heavy atom. The number of benzene rings is 1. The third-order valence-electron chi connectivity index (χ3n) is 5.44. The van der Waals surface area contributed by atoms with Crippen LogP contribution in [0.3, 0.4) is 0 Å². The molecular formula is C21H31N3O. The van der Waals surface area contributed by atoms with Crippen molar-refractivity contribution in [2.75, 3.05) is 6.54 Å². The lowest BCUT2D eigenvalue weighted by Gasteiger charge is -2.25. The van der Waals surface area contributed by atoms with Crippen LogP contribution in [0, 0.1) is 12.3 Å². The summed E-state index contributed by atoms with van der Waals surface area (Å²) in [5.41, 5.74) is 3.29. The number of aliphatic hydroxyl groups excluding tert-OH is 1. The van der Waals surface area contributed by atoms with Crippen LogP contribution in [0.2, 0.25) is 0 Å². The molecule has 0 spiro atoms. The Labute approximate surface area is 151 Å². The van der Waals surface area contributed by atoms with Crippen LogP contribution in [0.25, 0.3) is 0 Å². The van der Waals surface area contributed by atoms with E-state index in [1.54, 1.807) is 0 Å². The molecule has 2 atom stereocenters. The zero-order chi connectivity index (χ0) is 18.2. The van der Waals surface area contributed by atoms with Crippen LogP contribution >= 0.6 is 0 Å². The molecule has 3 rings (SSSR count). The molecule has 4 heteroatoms. The van der Waals surface area contributed by atoms with E-state index in [9.17, 15) is 5.11 Å². The van der Waals surface area contributed by atoms with E-state index in [0.29, 0.717) is 0 Å². The van der Waals surface area contributed by atoms with Crippen LogP contribution in [-0.2, 0) is 5.54 Å². The van der Waals surface area contributed by atoms with Gasteiger partial charge in [0.15, 0.2) is 0 Å². The first-order valence-corrected chi connectivity index (χ1v) is 9.26. The summed E-state index contributed by atoms with van der Waals surface area (Å²) in [7, 11) is 0. The number of hydrogen-bond donors (Lipinski definition) is 2. The molecule has 2 unspecified atom stereocenters. The third-order valence-corrected chi connectivity index (χ3v) is 5.44. The fourth-order valence-electron chi connectivity index (χ4n) is 3.40. The molecule has 1 saturated carbocycles. The van der Waals surface area contributed by atoms with Gasteiger partial charge in [0, 0.05) is 29.8 Å². The Hall–Kier alpha value is -1.65. The molecule has 136 valence electrons. The number of nitrogens with zero attached hydrogens (tertiary/aromatic N) is 2. The highest BCUT2D eigenvalue weighted by Crippen LogP contribution is 2.54. The molecule has 1 aliphatic carbocycles. The van der Waals surface area contributed by atoms with Crippen LogP contribution in [0.5, 0.6) is 0 Å². The quantitative estimate of drug-likeness (QED) is 0.831. The largest absolute Gasteiger partial charge is 0.388 e. The molecule has 0 aliphatic heterocycles. The monoisotopic (exact) mass is 341 g/mol. The minimum Gasteiger partial charge on any atom is -0.388 e. The molecule has 25 heavy (non-hydrogen) atoms. The molecule has 2 aromatic rings. The third kappa shape index (κ3) is 3.80. The van der Waals surface area contributed by atoms with Gasteiger partial charge in [0.1, 0.15) is 0 Å². The summed E-state index contributed by atoms with van der Waals surface area (Å²) in [6, 6.07) is 10.2. The average molecular weight is 341 g/mol. The molecule has 4 nitrogen and oxygen atoms in total. The lowest BCUT2D eigenvalue weighted by molar-refractivity contribution is 0.0903. The Balaban J connectivity index is 1.66. The van der Waals surface area contributed by atoms with E-state index in [2.05, 4.69) is 51.2 Å². The number of rotatable bonds is 6. The Kier molecular flexibility index (Phi) is 4.78. The zero-order valence-electron chi connectivity index (χ0n) is 16.1. The fourth-order valence-corrected chi connectivity index (χ4v) is 3.40. The van der Waals surface area contributed by atoms with Crippen molar-refractivity contribution < 1.29 is 5.11 Å². The van der Waals surface area contributed by atoms with Crippen molar-refractivity contribution in [3.63, 3.8) is 0 Å². The highest BCUT2D eigenvalue weighted by Gasteiger charge is 2.49. The van der Waals surface area contributed by atoms with Crippen LogP contribution in [-0.4, -0.2) is 21.4 Å². The molecule has 1 fully saturated rings. The van der Waals surface area contributed by atoms with Crippen molar-refractivity contribution in [3.05, 3.63) is 53.3 Å². The number of aliphatic hydroxyl groups is 1. The summed E-state index contributed by atoms with van der Waals surface area (Å²) < 4.78 is 2.04. The summed E-state index contributed by atoms with van der Waals surface area (Å²) in [5, 5.41) is 19.1. The highest BCUT2D eigenvalue weighted by atomic mass is 16.3. The minimum atomic E-state index is -0.396. The summed E-state index contributed by atoms with van der Waals surface area (Å²) in [5.74, 6) is 0. The first-order valence-electron chi connectivity index (χ1n) is 9.26. The van der Waals surface area contributed by atoms with Gasteiger partial charge in [0.25, 0.3) is 0 Å². The van der Waals surface area contributed by atoms with E-state index in [4.69, 9.17) is 0 Å². The Morgan fingerprint density at radius 2 is 1.88 bits per heavy atom. The number of aryl methyl sites for hydroxylation is 1. The summed E-state index contributed by atoms with van der Waals surface area (Å²) >= 11 is 0.